The Morgan fingerprint density at radius 2 is 2.21 bits per heavy atom. The van der Waals surface area contributed by atoms with Gasteiger partial charge in [0, 0.05) is 12.2 Å². The van der Waals surface area contributed by atoms with Crippen molar-refractivity contribution in [3.63, 3.8) is 0 Å². The lowest BCUT2D eigenvalue weighted by Gasteiger charge is -2.23. The molecular weight excluding hydrogens is 307 g/mol. The molecule has 1 saturated heterocycles. The number of nitrogens with zero attached hydrogens (tertiary/aromatic N) is 1. The lowest BCUT2D eigenvalue weighted by Crippen LogP contribution is -2.25. The summed E-state index contributed by atoms with van der Waals surface area (Å²) in [5, 5.41) is 3.52. The first-order valence-corrected chi connectivity index (χ1v) is 7.04. The minimum atomic E-state index is 0.625. The Labute approximate surface area is 102 Å². The largest absolute Gasteiger partial charge is 0.366 e. The van der Waals surface area contributed by atoms with Crippen LogP contribution in [0.2, 0.25) is 0 Å². The first-order valence-electron chi connectivity index (χ1n) is 4.81. The molecule has 0 radical (unpaired) electrons. The van der Waals surface area contributed by atoms with Gasteiger partial charge in [-0.2, -0.15) is 11.8 Å². The molecule has 0 atom stereocenters. The molecule has 0 aromatic carbocycles. The summed E-state index contributed by atoms with van der Waals surface area (Å²) in [5.41, 5.74) is 0. The molecule has 0 amide bonds. The van der Waals surface area contributed by atoms with Crippen molar-refractivity contribution in [1.82, 2.24) is 4.98 Å². The van der Waals surface area contributed by atoms with Gasteiger partial charge in [-0.1, -0.05) is 0 Å². The lowest BCUT2D eigenvalue weighted by atomic mass is 10.1. The summed E-state index contributed by atoms with van der Waals surface area (Å²) in [6.45, 7) is 0. The van der Waals surface area contributed by atoms with Crippen molar-refractivity contribution in [2.45, 2.75) is 18.9 Å². The molecule has 0 spiro atoms. The van der Waals surface area contributed by atoms with Crippen LogP contribution in [0.3, 0.4) is 0 Å². The van der Waals surface area contributed by atoms with Crippen molar-refractivity contribution in [2.24, 2.45) is 0 Å². The van der Waals surface area contributed by atoms with Gasteiger partial charge in [0.25, 0.3) is 0 Å². The molecule has 2 rings (SSSR count). The summed E-state index contributed by atoms with van der Waals surface area (Å²) in [5.74, 6) is 3.60. The van der Waals surface area contributed by atoms with E-state index in [1.165, 1.54) is 27.9 Å². The van der Waals surface area contributed by atoms with E-state index < -0.39 is 0 Å². The Bertz CT molecular complexity index is 300. The molecule has 4 heteroatoms. The maximum Gasteiger partial charge on any atom is 0.139 e. The minimum absolute atomic E-state index is 0.625. The van der Waals surface area contributed by atoms with Gasteiger partial charge < -0.3 is 5.32 Å². The third-order valence-electron chi connectivity index (χ3n) is 2.32. The average Bonchev–Trinajstić information content (AvgIpc) is 2.23. The van der Waals surface area contributed by atoms with Gasteiger partial charge in [-0.25, -0.2) is 4.98 Å². The van der Waals surface area contributed by atoms with Gasteiger partial charge in [0.15, 0.2) is 0 Å². The second kappa shape index (κ2) is 5.21. The Balaban J connectivity index is 1.99. The predicted octanol–water partition coefficient (Wildman–Crippen LogP) is 2.99. The van der Waals surface area contributed by atoms with Crippen LogP contribution < -0.4 is 5.32 Å². The molecular formula is C10H13IN2S. The van der Waals surface area contributed by atoms with E-state index in [0.717, 1.165) is 5.82 Å². The molecule has 14 heavy (non-hydrogen) atoms. The van der Waals surface area contributed by atoms with Crippen LogP contribution in [0.25, 0.3) is 0 Å². The van der Waals surface area contributed by atoms with Crippen LogP contribution >= 0.6 is 34.4 Å². The van der Waals surface area contributed by atoms with Crippen LogP contribution in [0.1, 0.15) is 12.8 Å². The molecule has 76 valence electrons. The van der Waals surface area contributed by atoms with Crippen LogP contribution in [0.15, 0.2) is 18.3 Å². The summed E-state index contributed by atoms with van der Waals surface area (Å²) in [6.07, 6.45) is 4.37. The molecule has 1 aliphatic heterocycles. The molecule has 2 nitrogen and oxygen atoms in total. The highest BCUT2D eigenvalue weighted by Crippen LogP contribution is 2.22. The first kappa shape index (κ1) is 10.5. The second-order valence-corrected chi connectivity index (χ2v) is 5.75. The number of halogens is 1. The SMILES string of the molecule is Ic1cccnc1NC1CCSCC1. The van der Waals surface area contributed by atoms with Crippen molar-refractivity contribution in [3.8, 4) is 0 Å². The van der Waals surface area contributed by atoms with Gasteiger partial charge in [-0.15, -0.1) is 0 Å². The van der Waals surface area contributed by atoms with E-state index >= 15 is 0 Å². The van der Waals surface area contributed by atoms with E-state index in [1.54, 1.807) is 0 Å². The summed E-state index contributed by atoms with van der Waals surface area (Å²) < 4.78 is 1.21. The van der Waals surface area contributed by atoms with Gasteiger partial charge in [-0.3, -0.25) is 0 Å². The van der Waals surface area contributed by atoms with E-state index in [2.05, 4.69) is 50.7 Å². The van der Waals surface area contributed by atoms with E-state index in [0.29, 0.717) is 6.04 Å². The number of rotatable bonds is 2. The third kappa shape index (κ3) is 2.76. The molecule has 1 aliphatic rings. The number of pyridine rings is 1. The Morgan fingerprint density at radius 3 is 2.93 bits per heavy atom. The normalized spacial score (nSPS) is 18.1. The van der Waals surface area contributed by atoms with Crippen LogP contribution in [-0.4, -0.2) is 22.5 Å². The van der Waals surface area contributed by atoms with Crippen molar-refractivity contribution < 1.29 is 0 Å². The van der Waals surface area contributed by atoms with Crippen LogP contribution in [0, 0.1) is 3.57 Å². The Hall–Kier alpha value is 0.0300. The molecule has 2 heterocycles. The lowest BCUT2D eigenvalue weighted by molar-refractivity contribution is 0.663. The zero-order chi connectivity index (χ0) is 9.80. The van der Waals surface area contributed by atoms with Crippen LogP contribution in [-0.2, 0) is 0 Å². The monoisotopic (exact) mass is 320 g/mol. The van der Waals surface area contributed by atoms with E-state index in [9.17, 15) is 0 Å². The summed E-state index contributed by atoms with van der Waals surface area (Å²) in [4.78, 5) is 4.35. The Kier molecular flexibility index (Phi) is 3.92. The standard InChI is InChI=1S/C10H13IN2S/c11-9-2-1-5-12-10(9)13-8-3-6-14-7-4-8/h1-2,5,8H,3-4,6-7H2,(H,12,13). The van der Waals surface area contributed by atoms with E-state index in [4.69, 9.17) is 0 Å². The predicted molar refractivity (Wildman–Crippen MR) is 70.9 cm³/mol. The number of aromatic nitrogens is 1. The number of hydrogen-bond acceptors (Lipinski definition) is 3. The number of nitrogens with one attached hydrogen (secondary N) is 1. The summed E-state index contributed by atoms with van der Waals surface area (Å²) >= 11 is 4.38. The highest BCUT2D eigenvalue weighted by atomic mass is 127. The zero-order valence-electron chi connectivity index (χ0n) is 7.87. The van der Waals surface area contributed by atoms with Crippen molar-refractivity contribution >= 4 is 40.2 Å². The second-order valence-electron chi connectivity index (χ2n) is 3.36. The van der Waals surface area contributed by atoms with Gasteiger partial charge in [-0.05, 0) is 59.1 Å². The van der Waals surface area contributed by atoms with Gasteiger partial charge in [0.05, 0.1) is 3.57 Å². The van der Waals surface area contributed by atoms with Crippen molar-refractivity contribution in [1.29, 1.82) is 0 Å². The summed E-state index contributed by atoms with van der Waals surface area (Å²) in [6, 6.07) is 4.69. The smallest absolute Gasteiger partial charge is 0.139 e. The minimum Gasteiger partial charge on any atom is -0.366 e. The molecule has 0 saturated carbocycles. The highest BCUT2D eigenvalue weighted by Gasteiger charge is 2.14. The first-order chi connectivity index (χ1) is 6.86. The van der Waals surface area contributed by atoms with E-state index in [-0.39, 0.29) is 0 Å². The zero-order valence-corrected chi connectivity index (χ0v) is 10.8. The molecule has 0 aliphatic carbocycles. The van der Waals surface area contributed by atoms with Crippen molar-refractivity contribution in [2.75, 3.05) is 16.8 Å². The molecule has 1 N–H and O–H groups in total. The fourth-order valence-electron chi connectivity index (χ4n) is 1.53. The van der Waals surface area contributed by atoms with E-state index in [1.807, 2.05) is 12.3 Å². The van der Waals surface area contributed by atoms with Gasteiger partial charge in [0.1, 0.15) is 5.82 Å². The van der Waals surface area contributed by atoms with Gasteiger partial charge in [0.2, 0.25) is 0 Å². The molecule has 0 bridgehead atoms. The molecule has 1 fully saturated rings. The molecule has 0 unspecified atom stereocenters. The van der Waals surface area contributed by atoms with Gasteiger partial charge >= 0.3 is 0 Å². The fraction of sp³-hybridized carbons (Fsp3) is 0.500. The maximum atomic E-state index is 4.35. The fourth-order valence-corrected chi connectivity index (χ4v) is 3.14. The quantitative estimate of drug-likeness (QED) is 0.848. The number of hydrogen-bond donors (Lipinski definition) is 1. The third-order valence-corrected chi connectivity index (χ3v) is 4.24. The topological polar surface area (TPSA) is 24.9 Å². The average molecular weight is 320 g/mol. The maximum absolute atomic E-state index is 4.35. The molecule has 1 aromatic rings. The summed E-state index contributed by atoms with van der Waals surface area (Å²) in [7, 11) is 0. The highest BCUT2D eigenvalue weighted by molar-refractivity contribution is 14.1. The van der Waals surface area contributed by atoms with Crippen LogP contribution in [0.5, 0.6) is 0 Å². The molecule has 1 aromatic heterocycles. The van der Waals surface area contributed by atoms with Crippen molar-refractivity contribution in [3.05, 3.63) is 21.9 Å². The number of thioether (sulfide) groups is 1. The van der Waals surface area contributed by atoms with Crippen LogP contribution in [0.4, 0.5) is 5.82 Å². The number of anilines is 1. The Morgan fingerprint density at radius 1 is 1.43 bits per heavy atom.